The first-order valence-corrected chi connectivity index (χ1v) is 14.2. The van der Waals surface area contributed by atoms with Gasteiger partial charge in [-0.1, -0.05) is 18.2 Å². The van der Waals surface area contributed by atoms with Gasteiger partial charge in [0.1, 0.15) is 29.9 Å². The lowest BCUT2D eigenvalue weighted by Gasteiger charge is -2.18. The molecule has 1 aliphatic rings. The molecule has 5 aromatic rings. The Morgan fingerprint density at radius 3 is 2.48 bits per heavy atom. The minimum absolute atomic E-state index is 0.0120. The molecule has 44 heavy (non-hydrogen) atoms. The number of hydrogen-bond donors (Lipinski definition) is 1. The van der Waals surface area contributed by atoms with Crippen LogP contribution in [0.3, 0.4) is 0 Å². The molecule has 0 amide bonds. The van der Waals surface area contributed by atoms with Crippen LogP contribution in [-0.2, 0) is 24.3 Å². The third-order valence-electron chi connectivity index (χ3n) is 8.04. The lowest BCUT2D eigenvalue weighted by Crippen LogP contribution is -2.19. The van der Waals surface area contributed by atoms with Crippen molar-refractivity contribution in [3.05, 3.63) is 112 Å². The Labute approximate surface area is 251 Å². The fourth-order valence-electron chi connectivity index (χ4n) is 5.44. The second-order valence-corrected chi connectivity index (χ2v) is 11.4. The summed E-state index contributed by atoms with van der Waals surface area (Å²) >= 11 is 0. The zero-order chi connectivity index (χ0) is 31.0. The smallest absolute Gasteiger partial charge is 0.335 e. The zero-order valence-corrected chi connectivity index (χ0v) is 24.2. The minimum Gasteiger partial charge on any atom is -0.478 e. The maximum Gasteiger partial charge on any atom is 0.335 e. The topological polar surface area (TPSA) is 86.5 Å². The number of imidazole rings is 1. The summed E-state index contributed by atoms with van der Waals surface area (Å²) in [6.45, 7) is 2.76. The fraction of sp³-hybridized carbons (Fsp3) is 0.265. The van der Waals surface area contributed by atoms with E-state index in [0.717, 1.165) is 30.5 Å². The normalized spacial score (nSPS) is 13.8. The molecule has 3 aromatic carbocycles. The summed E-state index contributed by atoms with van der Waals surface area (Å²) in [5.74, 6) is -2.14. The van der Waals surface area contributed by atoms with Gasteiger partial charge in [0, 0.05) is 42.7 Å². The van der Waals surface area contributed by atoms with Crippen molar-refractivity contribution >= 4 is 17.0 Å². The average molecular weight is 602 g/mol. The van der Waals surface area contributed by atoms with E-state index in [4.69, 9.17) is 9.47 Å². The van der Waals surface area contributed by atoms with Crippen molar-refractivity contribution < 1.29 is 32.5 Å². The van der Waals surface area contributed by atoms with Gasteiger partial charge in [-0.3, -0.25) is 0 Å². The van der Waals surface area contributed by atoms with Gasteiger partial charge >= 0.3 is 5.97 Å². The molecule has 1 N–H and O–H groups in total. The van der Waals surface area contributed by atoms with E-state index < -0.39 is 23.4 Å². The van der Waals surface area contributed by atoms with Crippen molar-refractivity contribution in [1.29, 1.82) is 0 Å². The highest BCUT2D eigenvalue weighted by Crippen LogP contribution is 2.48. The van der Waals surface area contributed by atoms with Crippen molar-refractivity contribution in [2.75, 3.05) is 13.7 Å². The van der Waals surface area contributed by atoms with Gasteiger partial charge < -0.3 is 19.1 Å². The number of rotatable bonds is 11. The predicted molar refractivity (Wildman–Crippen MR) is 158 cm³/mol. The minimum atomic E-state index is -1.06. The number of carboxylic acids is 1. The van der Waals surface area contributed by atoms with E-state index in [1.54, 1.807) is 56.5 Å². The third kappa shape index (κ3) is 6.03. The van der Waals surface area contributed by atoms with Gasteiger partial charge in [0.25, 0.3) is 0 Å². The molecule has 1 saturated carbocycles. The number of aromatic nitrogens is 3. The summed E-state index contributed by atoms with van der Waals surface area (Å²) in [7, 11) is 1.63. The van der Waals surface area contributed by atoms with Crippen LogP contribution in [0.1, 0.15) is 45.7 Å². The molecule has 0 bridgehead atoms. The number of benzene rings is 3. The molecule has 0 unspecified atom stereocenters. The first kappa shape index (κ1) is 29.4. The van der Waals surface area contributed by atoms with Gasteiger partial charge in [0.2, 0.25) is 5.88 Å². The maximum absolute atomic E-state index is 15.6. The molecule has 10 heteroatoms. The monoisotopic (exact) mass is 601 g/mol. The van der Waals surface area contributed by atoms with E-state index in [0.29, 0.717) is 35.6 Å². The number of aromatic carboxylic acids is 1. The molecule has 1 fully saturated rings. The van der Waals surface area contributed by atoms with Crippen LogP contribution in [0.5, 0.6) is 5.88 Å². The van der Waals surface area contributed by atoms with Gasteiger partial charge in [-0.05, 0) is 73.4 Å². The lowest BCUT2D eigenvalue weighted by molar-refractivity contribution is 0.0697. The molecule has 0 spiro atoms. The predicted octanol–water partition coefficient (Wildman–Crippen LogP) is 7.12. The first-order chi connectivity index (χ1) is 21.1. The Balaban J connectivity index is 1.28. The Morgan fingerprint density at radius 1 is 0.955 bits per heavy atom. The van der Waals surface area contributed by atoms with Gasteiger partial charge in [0.15, 0.2) is 0 Å². The summed E-state index contributed by atoms with van der Waals surface area (Å²) < 4.78 is 58.3. The van der Waals surface area contributed by atoms with Crippen LogP contribution in [0.4, 0.5) is 13.2 Å². The number of halogens is 3. The molecule has 1 aliphatic carbocycles. The number of carbonyl (C=O) groups is 1. The van der Waals surface area contributed by atoms with Gasteiger partial charge in [0.05, 0.1) is 28.9 Å². The van der Waals surface area contributed by atoms with Gasteiger partial charge in [-0.25, -0.2) is 27.9 Å². The third-order valence-corrected chi connectivity index (χ3v) is 8.04. The van der Waals surface area contributed by atoms with Crippen molar-refractivity contribution in [1.82, 2.24) is 14.5 Å². The molecule has 0 atom stereocenters. The number of ether oxygens (including phenoxy) is 2. The molecular formula is C34H30F3N3O4. The highest BCUT2D eigenvalue weighted by atomic mass is 19.1. The quantitative estimate of drug-likeness (QED) is 0.174. The highest BCUT2D eigenvalue weighted by Gasteiger charge is 2.43. The number of nitrogens with zero attached hydrogens (tertiary/aromatic N) is 3. The SMILES string of the molecule is COCC1(Cn2c(Cc3cc(F)c(-c4cccc(OCc5ccc(C)cc5F)n4)cc3F)nc3ccc(C(=O)O)cc32)CC1. The zero-order valence-electron chi connectivity index (χ0n) is 24.2. The summed E-state index contributed by atoms with van der Waals surface area (Å²) in [4.78, 5) is 20.7. The molecular weight excluding hydrogens is 571 g/mol. The Hall–Kier alpha value is -4.70. The van der Waals surface area contributed by atoms with Crippen LogP contribution in [0.15, 0.2) is 66.7 Å². The summed E-state index contributed by atoms with van der Waals surface area (Å²) in [5.41, 5.74) is 2.54. The molecule has 6 rings (SSSR count). The maximum atomic E-state index is 15.6. The first-order valence-electron chi connectivity index (χ1n) is 14.2. The highest BCUT2D eigenvalue weighted by molar-refractivity contribution is 5.92. The van der Waals surface area contributed by atoms with E-state index in [2.05, 4.69) is 9.97 Å². The Morgan fingerprint density at radius 2 is 1.75 bits per heavy atom. The van der Waals surface area contributed by atoms with Crippen LogP contribution >= 0.6 is 0 Å². The molecule has 0 saturated heterocycles. The fourth-order valence-corrected chi connectivity index (χ4v) is 5.44. The van der Waals surface area contributed by atoms with Crippen molar-refractivity contribution in [3.8, 4) is 17.1 Å². The molecule has 2 aromatic heterocycles. The number of pyridine rings is 1. The average Bonchev–Trinajstić information content (AvgIpc) is 3.68. The number of hydrogen-bond acceptors (Lipinski definition) is 5. The van der Waals surface area contributed by atoms with Crippen LogP contribution in [0.25, 0.3) is 22.3 Å². The number of aryl methyl sites for hydroxylation is 1. The molecule has 226 valence electrons. The number of fused-ring (bicyclic) bond motifs is 1. The van der Waals surface area contributed by atoms with Crippen LogP contribution in [0, 0.1) is 29.8 Å². The van der Waals surface area contributed by atoms with Gasteiger partial charge in [-0.15, -0.1) is 0 Å². The van der Waals surface area contributed by atoms with Crippen LogP contribution < -0.4 is 4.74 Å². The number of carboxylic acid groups (broad SMARTS) is 1. The van der Waals surface area contributed by atoms with E-state index in [1.807, 2.05) is 4.57 Å². The van der Waals surface area contributed by atoms with Crippen LogP contribution in [-0.4, -0.2) is 39.3 Å². The van der Waals surface area contributed by atoms with E-state index in [9.17, 15) is 14.3 Å². The lowest BCUT2D eigenvalue weighted by atomic mass is 10.0. The summed E-state index contributed by atoms with van der Waals surface area (Å²) in [6, 6.07) is 16.4. The van der Waals surface area contributed by atoms with Gasteiger partial charge in [-0.2, -0.15) is 0 Å². The summed E-state index contributed by atoms with van der Waals surface area (Å²) in [6.07, 6.45) is 1.86. The summed E-state index contributed by atoms with van der Waals surface area (Å²) in [5, 5.41) is 9.54. The largest absolute Gasteiger partial charge is 0.478 e. The molecule has 7 nitrogen and oxygen atoms in total. The Kier molecular flexibility index (Phi) is 7.85. The Bertz CT molecular complexity index is 1880. The van der Waals surface area contributed by atoms with Crippen molar-refractivity contribution in [2.24, 2.45) is 5.41 Å². The molecule has 2 heterocycles. The second-order valence-electron chi connectivity index (χ2n) is 11.4. The van der Waals surface area contributed by atoms with Crippen molar-refractivity contribution in [2.45, 2.75) is 39.3 Å². The molecule has 0 radical (unpaired) electrons. The van der Waals surface area contributed by atoms with E-state index in [-0.39, 0.29) is 46.7 Å². The van der Waals surface area contributed by atoms with Crippen molar-refractivity contribution in [3.63, 3.8) is 0 Å². The van der Waals surface area contributed by atoms with Crippen LogP contribution in [0.2, 0.25) is 0 Å². The second kappa shape index (κ2) is 11.8. The standard InChI is InChI=1S/C34H30F3N3O4/c1-20-6-7-22(25(35)12-20)17-44-32-5-3-4-28(39-32)24-16-26(36)23(13-27(24)37)15-31-38-29-9-8-21(33(41)42)14-30(29)40(31)18-34(10-11-34)19-43-2/h3-9,12-14,16H,10-11,15,17-19H2,1-2H3,(H,41,42). The number of methoxy groups -OCH3 is 1. The van der Waals surface area contributed by atoms with E-state index >= 15 is 8.78 Å². The van der Waals surface area contributed by atoms with E-state index in [1.165, 1.54) is 12.1 Å². The molecule has 0 aliphatic heterocycles.